The average Bonchev–Trinajstić information content (AvgIpc) is 3.15. The fraction of sp³-hybridized carbons (Fsp3) is 0.400. The van der Waals surface area contributed by atoms with Crippen molar-refractivity contribution >= 4 is 16.7 Å². The minimum absolute atomic E-state index is 0.0284. The first-order chi connectivity index (χ1) is 13.0. The van der Waals surface area contributed by atoms with E-state index >= 15 is 0 Å². The third-order valence-electron chi connectivity index (χ3n) is 4.83. The van der Waals surface area contributed by atoms with E-state index in [9.17, 15) is 19.7 Å². The molecule has 0 spiro atoms. The van der Waals surface area contributed by atoms with Gasteiger partial charge in [0.2, 0.25) is 0 Å². The van der Waals surface area contributed by atoms with Gasteiger partial charge in [0.1, 0.15) is 0 Å². The quantitative estimate of drug-likeness (QED) is 0.264. The lowest BCUT2D eigenvalue weighted by molar-refractivity contribution is -0.385. The Kier molecular flexibility index (Phi) is 4.24. The second kappa shape index (κ2) is 6.72. The molecule has 0 aliphatic heterocycles. The molecule has 2 heterocycles. The molecule has 27 heavy (non-hydrogen) atoms. The SMILES string of the molecule is O=c1[nH]c2cc([N+](=O)[O-])c3c(c2[nH]c1=O)CC(CNCc1nnn[nH]1)CC3. The van der Waals surface area contributed by atoms with Gasteiger partial charge < -0.3 is 15.3 Å². The Bertz CT molecular complexity index is 1120. The topological polar surface area (TPSA) is 175 Å². The zero-order valence-corrected chi connectivity index (χ0v) is 14.1. The fourth-order valence-electron chi connectivity index (χ4n) is 3.58. The Morgan fingerprint density at radius 2 is 2.07 bits per heavy atom. The van der Waals surface area contributed by atoms with Crippen LogP contribution in [0.5, 0.6) is 0 Å². The van der Waals surface area contributed by atoms with Gasteiger partial charge in [0, 0.05) is 11.6 Å². The number of nitro groups is 1. The van der Waals surface area contributed by atoms with Gasteiger partial charge in [-0.05, 0) is 47.7 Å². The number of nitro benzene ring substituents is 1. The Balaban J connectivity index is 1.66. The summed E-state index contributed by atoms with van der Waals surface area (Å²) in [6, 6.07) is 1.32. The van der Waals surface area contributed by atoms with Crippen LogP contribution in [0.15, 0.2) is 15.7 Å². The molecular weight excluding hydrogens is 356 g/mol. The van der Waals surface area contributed by atoms with Crippen LogP contribution in [0.4, 0.5) is 5.69 Å². The molecule has 0 saturated carbocycles. The molecule has 1 aliphatic rings. The van der Waals surface area contributed by atoms with E-state index in [-0.39, 0.29) is 17.1 Å². The third-order valence-corrected chi connectivity index (χ3v) is 4.83. The number of aromatic nitrogens is 6. The lowest BCUT2D eigenvalue weighted by Gasteiger charge is -2.25. The van der Waals surface area contributed by atoms with Gasteiger partial charge in [0.15, 0.2) is 5.82 Å². The lowest BCUT2D eigenvalue weighted by Crippen LogP contribution is -2.31. The molecule has 0 radical (unpaired) electrons. The smallest absolute Gasteiger partial charge is 0.314 e. The second-order valence-corrected chi connectivity index (χ2v) is 6.53. The van der Waals surface area contributed by atoms with Gasteiger partial charge in [0.25, 0.3) is 5.69 Å². The number of hydrogen-bond donors (Lipinski definition) is 4. The maximum Gasteiger partial charge on any atom is 0.314 e. The first-order valence-electron chi connectivity index (χ1n) is 8.41. The van der Waals surface area contributed by atoms with Crippen LogP contribution in [0.3, 0.4) is 0 Å². The first-order valence-corrected chi connectivity index (χ1v) is 8.41. The third kappa shape index (κ3) is 3.21. The number of fused-ring (bicyclic) bond motifs is 3. The summed E-state index contributed by atoms with van der Waals surface area (Å²) in [6.07, 6.45) is 1.85. The number of rotatable bonds is 5. The molecule has 12 nitrogen and oxygen atoms in total. The average molecular weight is 372 g/mol. The molecule has 1 aliphatic carbocycles. The highest BCUT2D eigenvalue weighted by atomic mass is 16.6. The minimum Gasteiger partial charge on any atom is -0.316 e. The highest BCUT2D eigenvalue weighted by molar-refractivity contribution is 5.83. The summed E-state index contributed by atoms with van der Waals surface area (Å²) in [5.41, 5.74) is 0.441. The highest BCUT2D eigenvalue weighted by Gasteiger charge is 2.28. The standard InChI is InChI=1S/C15H16N8O4/c24-14-15(25)18-13-9-3-7(5-16-6-12-19-21-22-20-12)1-2-8(9)11(23(26)27)4-10(13)17-14/h4,7,16H,1-3,5-6H2,(H,17,24)(H,18,25)(H,19,20,21,22). The molecule has 4 rings (SSSR count). The van der Waals surface area contributed by atoms with E-state index in [0.29, 0.717) is 48.4 Å². The van der Waals surface area contributed by atoms with E-state index in [1.807, 2.05) is 0 Å². The predicted octanol–water partition coefficient (Wildman–Crippen LogP) is -0.468. The van der Waals surface area contributed by atoms with Gasteiger partial charge in [-0.1, -0.05) is 0 Å². The molecule has 3 aromatic rings. The number of nitrogens with one attached hydrogen (secondary N) is 4. The Morgan fingerprint density at radius 1 is 1.26 bits per heavy atom. The van der Waals surface area contributed by atoms with Crippen LogP contribution in [-0.4, -0.2) is 42.1 Å². The number of benzene rings is 1. The Morgan fingerprint density at radius 3 is 2.81 bits per heavy atom. The zero-order chi connectivity index (χ0) is 19.0. The van der Waals surface area contributed by atoms with Gasteiger partial charge in [-0.25, -0.2) is 5.10 Å². The number of hydrogen-bond acceptors (Lipinski definition) is 8. The van der Waals surface area contributed by atoms with Gasteiger partial charge in [-0.2, -0.15) is 0 Å². The van der Waals surface area contributed by atoms with E-state index in [1.54, 1.807) is 0 Å². The van der Waals surface area contributed by atoms with E-state index in [4.69, 9.17) is 0 Å². The zero-order valence-electron chi connectivity index (χ0n) is 14.1. The van der Waals surface area contributed by atoms with Crippen LogP contribution >= 0.6 is 0 Å². The molecule has 1 aromatic carbocycles. The molecule has 1 atom stereocenters. The molecule has 0 amide bonds. The molecule has 140 valence electrons. The van der Waals surface area contributed by atoms with Crippen molar-refractivity contribution < 1.29 is 4.92 Å². The molecular formula is C15H16N8O4. The molecule has 2 aromatic heterocycles. The van der Waals surface area contributed by atoms with Crippen molar-refractivity contribution in [2.45, 2.75) is 25.8 Å². The van der Waals surface area contributed by atoms with Crippen molar-refractivity contribution in [3.8, 4) is 0 Å². The number of aromatic amines is 3. The number of H-pyrrole nitrogens is 3. The van der Waals surface area contributed by atoms with Gasteiger partial charge in [-0.3, -0.25) is 19.7 Å². The number of tetrazole rings is 1. The Hall–Kier alpha value is -3.41. The van der Waals surface area contributed by atoms with E-state index < -0.39 is 16.0 Å². The summed E-state index contributed by atoms with van der Waals surface area (Å²) in [4.78, 5) is 39.4. The summed E-state index contributed by atoms with van der Waals surface area (Å²) >= 11 is 0. The summed E-state index contributed by atoms with van der Waals surface area (Å²) in [5, 5.41) is 28.2. The van der Waals surface area contributed by atoms with E-state index in [2.05, 4.69) is 35.9 Å². The highest BCUT2D eigenvalue weighted by Crippen LogP contribution is 2.35. The largest absolute Gasteiger partial charge is 0.316 e. The van der Waals surface area contributed by atoms with E-state index in [0.717, 1.165) is 6.42 Å². The maximum absolute atomic E-state index is 11.8. The predicted molar refractivity (Wildman–Crippen MR) is 93.2 cm³/mol. The molecule has 1 unspecified atom stereocenters. The van der Waals surface area contributed by atoms with Crippen LogP contribution in [0.25, 0.3) is 11.0 Å². The molecule has 4 N–H and O–H groups in total. The number of nitrogens with zero attached hydrogens (tertiary/aromatic N) is 4. The van der Waals surface area contributed by atoms with Crippen molar-refractivity contribution in [3.63, 3.8) is 0 Å². The monoisotopic (exact) mass is 372 g/mol. The second-order valence-electron chi connectivity index (χ2n) is 6.53. The lowest BCUT2D eigenvalue weighted by atomic mass is 9.82. The first kappa shape index (κ1) is 17.0. The molecule has 0 bridgehead atoms. The summed E-state index contributed by atoms with van der Waals surface area (Å²) in [6.45, 7) is 1.15. The minimum atomic E-state index is -0.827. The van der Waals surface area contributed by atoms with Crippen molar-refractivity contribution in [1.82, 2.24) is 35.9 Å². The van der Waals surface area contributed by atoms with Gasteiger partial charge in [0.05, 0.1) is 22.5 Å². The van der Waals surface area contributed by atoms with Crippen LogP contribution < -0.4 is 16.4 Å². The summed E-state index contributed by atoms with van der Waals surface area (Å²) in [5.74, 6) is 0.836. The summed E-state index contributed by atoms with van der Waals surface area (Å²) in [7, 11) is 0. The Labute approximate surface area is 150 Å². The van der Waals surface area contributed by atoms with Gasteiger partial charge in [-0.15, -0.1) is 5.10 Å². The molecule has 12 heteroatoms. The summed E-state index contributed by atoms with van der Waals surface area (Å²) < 4.78 is 0. The van der Waals surface area contributed by atoms with Crippen molar-refractivity contribution in [2.24, 2.45) is 5.92 Å². The fourth-order valence-corrected chi connectivity index (χ4v) is 3.58. The van der Waals surface area contributed by atoms with E-state index in [1.165, 1.54) is 6.07 Å². The molecule has 0 saturated heterocycles. The normalized spacial score (nSPS) is 16.4. The molecule has 0 fully saturated rings. The van der Waals surface area contributed by atoms with Crippen LogP contribution in [-0.2, 0) is 19.4 Å². The van der Waals surface area contributed by atoms with Crippen LogP contribution in [0.1, 0.15) is 23.4 Å². The van der Waals surface area contributed by atoms with Crippen LogP contribution in [0, 0.1) is 16.0 Å². The van der Waals surface area contributed by atoms with Crippen molar-refractivity contribution in [2.75, 3.05) is 6.54 Å². The van der Waals surface area contributed by atoms with Crippen LogP contribution in [0.2, 0.25) is 0 Å². The maximum atomic E-state index is 11.8. The van der Waals surface area contributed by atoms with Crippen molar-refractivity contribution in [1.29, 1.82) is 0 Å². The van der Waals surface area contributed by atoms with Crippen molar-refractivity contribution in [3.05, 3.63) is 53.8 Å². The van der Waals surface area contributed by atoms with Gasteiger partial charge >= 0.3 is 11.1 Å².